The first kappa shape index (κ1) is 18.0. The molecule has 0 heterocycles. The van der Waals surface area contributed by atoms with Crippen molar-refractivity contribution < 1.29 is 9.53 Å². The van der Waals surface area contributed by atoms with Gasteiger partial charge in [-0.1, -0.05) is 56.9 Å². The van der Waals surface area contributed by atoms with Crippen molar-refractivity contribution in [3.63, 3.8) is 0 Å². The summed E-state index contributed by atoms with van der Waals surface area (Å²) in [4.78, 5) is 11.1. The lowest BCUT2D eigenvalue weighted by Crippen LogP contribution is -2.13. The van der Waals surface area contributed by atoms with Gasteiger partial charge in [-0.2, -0.15) is 0 Å². The molecule has 0 bridgehead atoms. The number of esters is 1. The number of carbonyl (C=O) groups excluding carboxylic acids is 1. The van der Waals surface area contributed by atoms with Crippen molar-refractivity contribution in [1.82, 2.24) is 0 Å². The first-order valence-electron chi connectivity index (χ1n) is 9.88. The van der Waals surface area contributed by atoms with E-state index < -0.39 is 0 Å². The summed E-state index contributed by atoms with van der Waals surface area (Å²) in [6.07, 6.45) is 11.0. The van der Waals surface area contributed by atoms with Gasteiger partial charge in [0.15, 0.2) is 0 Å². The number of hydrogen-bond donors (Lipinski definition) is 0. The number of hydrogen-bond acceptors (Lipinski definition) is 2. The molecule has 0 unspecified atom stereocenters. The highest BCUT2D eigenvalue weighted by Crippen LogP contribution is 2.38. The summed E-state index contributed by atoms with van der Waals surface area (Å²) in [5, 5.41) is 2.37. The average Bonchev–Trinajstić information content (AvgIpc) is 2.62. The quantitative estimate of drug-likeness (QED) is 0.336. The fourth-order valence-corrected chi connectivity index (χ4v) is 4.19. The second-order valence-electron chi connectivity index (χ2n) is 7.58. The SMILES string of the molecule is CCCCC[C@H]1CC[C@H](c2ccc3cc(OC(C)=O)ccc3c2)CC1. The van der Waals surface area contributed by atoms with E-state index in [4.69, 9.17) is 4.74 Å². The molecule has 0 saturated heterocycles. The Morgan fingerprint density at radius 1 is 1.00 bits per heavy atom. The fourth-order valence-electron chi connectivity index (χ4n) is 4.19. The number of carbonyl (C=O) groups is 1. The Balaban J connectivity index is 1.63. The molecule has 3 rings (SSSR count). The van der Waals surface area contributed by atoms with Crippen molar-refractivity contribution in [2.75, 3.05) is 0 Å². The van der Waals surface area contributed by atoms with E-state index in [1.807, 2.05) is 12.1 Å². The van der Waals surface area contributed by atoms with Crippen LogP contribution in [0.2, 0.25) is 0 Å². The van der Waals surface area contributed by atoms with Crippen LogP contribution in [0.1, 0.15) is 76.7 Å². The van der Waals surface area contributed by atoms with Crippen molar-refractivity contribution >= 4 is 16.7 Å². The zero-order chi connectivity index (χ0) is 17.6. The van der Waals surface area contributed by atoms with Gasteiger partial charge in [0.25, 0.3) is 0 Å². The van der Waals surface area contributed by atoms with Crippen molar-refractivity contribution in [2.24, 2.45) is 5.92 Å². The number of benzene rings is 2. The topological polar surface area (TPSA) is 26.3 Å². The van der Waals surface area contributed by atoms with E-state index in [0.29, 0.717) is 11.7 Å². The van der Waals surface area contributed by atoms with Gasteiger partial charge in [0.1, 0.15) is 5.75 Å². The van der Waals surface area contributed by atoms with Gasteiger partial charge in [-0.3, -0.25) is 4.79 Å². The molecule has 2 aromatic carbocycles. The van der Waals surface area contributed by atoms with E-state index >= 15 is 0 Å². The third-order valence-corrected chi connectivity index (χ3v) is 5.63. The molecule has 2 nitrogen and oxygen atoms in total. The standard InChI is InChI=1S/C23H30O2/c1-3-4-5-6-18-7-9-19(10-8-18)20-11-12-22-16-23(25-17(2)24)14-13-21(22)15-20/h11-16,18-19H,3-10H2,1-2H3/t18-,19-. The third-order valence-electron chi connectivity index (χ3n) is 5.63. The lowest BCUT2D eigenvalue weighted by atomic mass is 9.77. The fraction of sp³-hybridized carbons (Fsp3) is 0.522. The molecule has 134 valence electrons. The van der Waals surface area contributed by atoms with Gasteiger partial charge in [-0.25, -0.2) is 0 Å². The minimum Gasteiger partial charge on any atom is -0.427 e. The molecule has 0 spiro atoms. The first-order valence-corrected chi connectivity index (χ1v) is 9.88. The van der Waals surface area contributed by atoms with E-state index in [1.54, 1.807) is 0 Å². The molecule has 2 heteroatoms. The summed E-state index contributed by atoms with van der Waals surface area (Å²) in [6, 6.07) is 12.7. The second-order valence-corrected chi connectivity index (χ2v) is 7.58. The Morgan fingerprint density at radius 2 is 1.72 bits per heavy atom. The first-order chi connectivity index (χ1) is 12.2. The van der Waals surface area contributed by atoms with Gasteiger partial charge in [0.05, 0.1) is 0 Å². The predicted molar refractivity (Wildman–Crippen MR) is 104 cm³/mol. The van der Waals surface area contributed by atoms with Gasteiger partial charge >= 0.3 is 5.97 Å². The Hall–Kier alpha value is -1.83. The maximum absolute atomic E-state index is 11.1. The normalized spacial score (nSPS) is 20.6. The molecule has 0 radical (unpaired) electrons. The molecule has 25 heavy (non-hydrogen) atoms. The minimum absolute atomic E-state index is 0.272. The van der Waals surface area contributed by atoms with Crippen LogP contribution < -0.4 is 4.74 Å². The van der Waals surface area contributed by atoms with Crippen molar-refractivity contribution in [3.8, 4) is 5.75 Å². The highest BCUT2D eigenvalue weighted by Gasteiger charge is 2.22. The minimum atomic E-state index is -0.272. The van der Waals surface area contributed by atoms with Gasteiger partial charge in [0, 0.05) is 6.92 Å². The zero-order valence-electron chi connectivity index (χ0n) is 15.6. The smallest absolute Gasteiger partial charge is 0.308 e. The molecule has 1 saturated carbocycles. The summed E-state index contributed by atoms with van der Waals surface area (Å²) in [5.74, 6) is 2.02. The Morgan fingerprint density at radius 3 is 2.44 bits per heavy atom. The molecule has 0 atom stereocenters. The van der Waals surface area contributed by atoms with E-state index in [2.05, 4.69) is 31.2 Å². The lowest BCUT2D eigenvalue weighted by Gasteiger charge is -2.29. The summed E-state index contributed by atoms with van der Waals surface area (Å²) >= 11 is 0. The van der Waals surface area contributed by atoms with Crippen molar-refractivity contribution in [3.05, 3.63) is 42.0 Å². The van der Waals surface area contributed by atoms with Gasteiger partial charge in [0.2, 0.25) is 0 Å². The molecular formula is C23H30O2. The molecule has 0 aromatic heterocycles. The Kier molecular flexibility index (Phi) is 6.12. The molecule has 0 amide bonds. The maximum atomic E-state index is 11.1. The van der Waals surface area contributed by atoms with Crippen molar-refractivity contribution in [1.29, 1.82) is 0 Å². The summed E-state index contributed by atoms with van der Waals surface area (Å²) in [5.41, 5.74) is 1.47. The molecule has 1 aliphatic rings. The third kappa shape index (κ3) is 4.84. The van der Waals surface area contributed by atoms with E-state index in [0.717, 1.165) is 11.3 Å². The Bertz CT molecular complexity index is 711. The predicted octanol–water partition coefficient (Wildman–Crippen LogP) is 6.62. The molecular weight excluding hydrogens is 308 g/mol. The summed E-state index contributed by atoms with van der Waals surface area (Å²) < 4.78 is 5.18. The monoisotopic (exact) mass is 338 g/mol. The molecule has 2 aromatic rings. The number of rotatable bonds is 6. The van der Waals surface area contributed by atoms with Crippen LogP contribution in [0.15, 0.2) is 36.4 Å². The molecule has 0 aliphatic heterocycles. The maximum Gasteiger partial charge on any atom is 0.308 e. The van der Waals surface area contributed by atoms with E-state index in [1.165, 1.54) is 69.2 Å². The van der Waals surface area contributed by atoms with Crippen LogP contribution in [-0.4, -0.2) is 5.97 Å². The van der Waals surface area contributed by atoms with Crippen LogP contribution in [0.25, 0.3) is 10.8 Å². The average molecular weight is 338 g/mol. The van der Waals surface area contributed by atoms with Crippen LogP contribution in [0, 0.1) is 5.92 Å². The number of unbranched alkanes of at least 4 members (excludes halogenated alkanes) is 2. The van der Waals surface area contributed by atoms with Gasteiger partial charge in [-0.05, 0) is 66.0 Å². The van der Waals surface area contributed by atoms with E-state index in [9.17, 15) is 4.79 Å². The van der Waals surface area contributed by atoms with Crippen LogP contribution in [0.5, 0.6) is 5.75 Å². The van der Waals surface area contributed by atoms with Gasteiger partial charge < -0.3 is 4.74 Å². The molecule has 0 N–H and O–H groups in total. The molecule has 1 fully saturated rings. The van der Waals surface area contributed by atoms with Crippen molar-refractivity contribution in [2.45, 2.75) is 71.1 Å². The van der Waals surface area contributed by atoms with Crippen LogP contribution in [0.4, 0.5) is 0 Å². The second kappa shape index (κ2) is 8.51. The Labute approximate surface area is 151 Å². The van der Waals surface area contributed by atoms with Crippen LogP contribution in [-0.2, 0) is 4.79 Å². The number of fused-ring (bicyclic) bond motifs is 1. The van der Waals surface area contributed by atoms with Crippen LogP contribution in [0.3, 0.4) is 0 Å². The largest absolute Gasteiger partial charge is 0.427 e. The van der Waals surface area contributed by atoms with Crippen LogP contribution >= 0.6 is 0 Å². The van der Waals surface area contributed by atoms with Gasteiger partial charge in [-0.15, -0.1) is 0 Å². The zero-order valence-corrected chi connectivity index (χ0v) is 15.6. The molecule has 1 aliphatic carbocycles. The summed E-state index contributed by atoms with van der Waals surface area (Å²) in [6.45, 7) is 3.72. The van der Waals surface area contributed by atoms with E-state index in [-0.39, 0.29) is 5.97 Å². The highest BCUT2D eigenvalue weighted by molar-refractivity contribution is 5.85. The summed E-state index contributed by atoms with van der Waals surface area (Å²) in [7, 11) is 0. The highest BCUT2D eigenvalue weighted by atomic mass is 16.5. The number of ether oxygens (including phenoxy) is 1. The lowest BCUT2D eigenvalue weighted by molar-refractivity contribution is -0.131.